The highest BCUT2D eigenvalue weighted by Crippen LogP contribution is 2.33. The van der Waals surface area contributed by atoms with E-state index in [1.54, 1.807) is 0 Å². The van der Waals surface area contributed by atoms with E-state index in [4.69, 9.17) is 19.9 Å². The molecule has 2 aromatic heterocycles. The Balaban J connectivity index is 0.000000210. The Morgan fingerprint density at radius 2 is 0.985 bits per heavy atom. The number of carbonyl (C=O) groups is 2. The number of carbonyl (C=O) groups excluding carboxylic acids is 2. The van der Waals surface area contributed by atoms with Gasteiger partial charge in [-0.25, -0.2) is 19.9 Å². The first-order chi connectivity index (χ1) is 32.1. The molecule has 66 heavy (non-hydrogen) atoms. The van der Waals surface area contributed by atoms with Crippen LogP contribution in [0.5, 0.6) is 0 Å². The highest BCUT2D eigenvalue weighted by Gasteiger charge is 2.23. The molecule has 3 heterocycles. The van der Waals surface area contributed by atoms with E-state index in [0.717, 1.165) is 106 Å². The second-order valence-electron chi connectivity index (χ2n) is 16.5. The van der Waals surface area contributed by atoms with Crippen LogP contribution in [0.4, 0.5) is 0 Å². The minimum atomic E-state index is -0.101. The van der Waals surface area contributed by atoms with Gasteiger partial charge in [-0.15, -0.1) is 0 Å². The van der Waals surface area contributed by atoms with Gasteiger partial charge in [0.25, 0.3) is 11.8 Å². The highest BCUT2D eigenvalue weighted by molar-refractivity contribution is 5.99. The standard InChI is InChI=1S/C27H26N4O.C27H28N4O.C2H6.H2/c1-2-30-15-17-31(18-16-30)27(32)22-13-14-23-24(19-22)29-26(21-11-7-4-8-12-21)25(28-23)20-9-5-3-6-10-20;1-18-7-5-9-20(15-18)25-26(21-10-6-8-19(2)16-21)30-24-17-22(11-12-23(24)29-25)27(32)28-13-14-31(3)4;1-2;/h3-14,19H,2,15-18H2,1H3;5-12,15-17H,13-14H2,1-4H3,(H,28,32);1-2H3;1H. The topological polar surface area (TPSA) is 107 Å². The number of nitrogens with zero attached hydrogens (tertiary/aromatic N) is 7. The normalized spacial score (nSPS) is 12.6. The quantitative estimate of drug-likeness (QED) is 0.145. The van der Waals surface area contributed by atoms with E-state index in [2.05, 4.69) is 79.5 Å². The Morgan fingerprint density at radius 1 is 0.545 bits per heavy atom. The van der Waals surface area contributed by atoms with E-state index in [0.29, 0.717) is 23.2 Å². The van der Waals surface area contributed by atoms with Crippen LogP contribution in [0, 0.1) is 13.8 Å². The van der Waals surface area contributed by atoms with Gasteiger partial charge in [0.1, 0.15) is 0 Å². The number of rotatable bonds is 10. The molecule has 9 rings (SSSR count). The minimum Gasteiger partial charge on any atom is -0.351 e. The molecule has 10 heteroatoms. The molecule has 1 saturated heterocycles. The van der Waals surface area contributed by atoms with Crippen molar-refractivity contribution in [2.75, 3.05) is 59.9 Å². The van der Waals surface area contributed by atoms with Gasteiger partial charge in [-0.3, -0.25) is 9.59 Å². The number of amides is 2. The molecular formula is C56H62N8O2. The van der Waals surface area contributed by atoms with E-state index in [1.807, 2.05) is 135 Å². The van der Waals surface area contributed by atoms with Crippen molar-refractivity contribution in [3.05, 3.63) is 168 Å². The lowest BCUT2D eigenvalue weighted by atomic mass is 10.0. The molecule has 338 valence electrons. The lowest BCUT2D eigenvalue weighted by Gasteiger charge is -2.34. The molecule has 1 aliphatic heterocycles. The van der Waals surface area contributed by atoms with Crippen LogP contribution < -0.4 is 5.32 Å². The van der Waals surface area contributed by atoms with Crippen LogP contribution in [0.3, 0.4) is 0 Å². The number of aromatic nitrogens is 4. The highest BCUT2D eigenvalue weighted by atomic mass is 16.2. The third-order valence-corrected chi connectivity index (χ3v) is 11.5. The van der Waals surface area contributed by atoms with Crippen LogP contribution >= 0.6 is 0 Å². The first-order valence-corrected chi connectivity index (χ1v) is 23.0. The van der Waals surface area contributed by atoms with Crippen LogP contribution in [-0.4, -0.2) is 106 Å². The molecule has 1 aliphatic rings. The fourth-order valence-corrected chi connectivity index (χ4v) is 7.91. The zero-order chi connectivity index (χ0) is 46.6. The number of benzene rings is 6. The summed E-state index contributed by atoms with van der Waals surface area (Å²) in [5, 5.41) is 2.96. The smallest absolute Gasteiger partial charge is 0.254 e. The number of hydrogen-bond acceptors (Lipinski definition) is 8. The molecule has 0 bridgehead atoms. The summed E-state index contributed by atoms with van der Waals surface area (Å²) < 4.78 is 0. The van der Waals surface area contributed by atoms with Crippen molar-refractivity contribution in [1.82, 2.24) is 40.0 Å². The molecule has 0 saturated carbocycles. The molecule has 0 radical (unpaired) electrons. The summed E-state index contributed by atoms with van der Waals surface area (Å²) in [6, 6.07) is 48.0. The molecule has 0 spiro atoms. The molecule has 0 atom stereocenters. The summed E-state index contributed by atoms with van der Waals surface area (Å²) in [6.07, 6.45) is 0. The molecule has 1 N–H and O–H groups in total. The molecular weight excluding hydrogens is 817 g/mol. The molecule has 10 nitrogen and oxygen atoms in total. The van der Waals surface area contributed by atoms with Crippen LogP contribution in [0.15, 0.2) is 146 Å². The van der Waals surface area contributed by atoms with Gasteiger partial charge in [-0.05, 0) is 83.0 Å². The Hall–Kier alpha value is -7.14. The molecule has 0 unspecified atom stereocenters. The van der Waals surface area contributed by atoms with Crippen molar-refractivity contribution in [2.45, 2.75) is 34.6 Å². The van der Waals surface area contributed by atoms with Gasteiger partial charge in [-0.1, -0.05) is 129 Å². The Labute approximate surface area is 390 Å². The van der Waals surface area contributed by atoms with Gasteiger partial charge in [0.2, 0.25) is 0 Å². The van der Waals surface area contributed by atoms with Gasteiger partial charge < -0.3 is 20.0 Å². The zero-order valence-corrected chi connectivity index (χ0v) is 39.3. The van der Waals surface area contributed by atoms with E-state index < -0.39 is 0 Å². The Morgan fingerprint density at radius 3 is 1.45 bits per heavy atom. The number of hydrogen-bond donors (Lipinski definition) is 1. The summed E-state index contributed by atoms with van der Waals surface area (Å²) in [5.41, 5.74) is 14.0. The van der Waals surface area contributed by atoms with Crippen molar-refractivity contribution >= 4 is 33.9 Å². The number of fused-ring (bicyclic) bond motifs is 2. The summed E-state index contributed by atoms with van der Waals surface area (Å²) in [5.74, 6) is -0.0340. The average molecular weight is 879 g/mol. The van der Waals surface area contributed by atoms with Crippen LogP contribution in [0.2, 0.25) is 0 Å². The second kappa shape index (κ2) is 22.2. The minimum absolute atomic E-state index is 0. The van der Waals surface area contributed by atoms with E-state index in [9.17, 15) is 9.59 Å². The molecule has 6 aromatic carbocycles. The maximum atomic E-state index is 13.1. The molecule has 8 aromatic rings. The van der Waals surface area contributed by atoms with Gasteiger partial charge in [0.05, 0.1) is 44.8 Å². The molecule has 2 amide bonds. The lowest BCUT2D eigenvalue weighted by molar-refractivity contribution is 0.0643. The lowest BCUT2D eigenvalue weighted by Crippen LogP contribution is -2.48. The predicted octanol–water partition coefficient (Wildman–Crippen LogP) is 10.9. The van der Waals surface area contributed by atoms with Crippen molar-refractivity contribution in [3.63, 3.8) is 0 Å². The van der Waals surface area contributed by atoms with Crippen LogP contribution in [-0.2, 0) is 0 Å². The third kappa shape index (κ3) is 11.4. The monoisotopic (exact) mass is 878 g/mol. The van der Waals surface area contributed by atoms with E-state index >= 15 is 0 Å². The molecule has 1 fully saturated rings. The number of likely N-dealkylation sites (N-methyl/N-ethyl adjacent to an activating group) is 2. The SMILES string of the molecule is CC.CCN1CCN(C(=O)c2ccc3nc(-c4ccccc4)c(-c4ccccc4)nc3c2)CC1.Cc1cccc(-c2nc3ccc(C(=O)NCCN(C)C)cc3nc2-c2cccc(C)c2)c1.[HH]. The number of aryl methyl sites for hydroxylation is 2. The van der Waals surface area contributed by atoms with Crippen molar-refractivity contribution in [1.29, 1.82) is 0 Å². The second-order valence-corrected chi connectivity index (χ2v) is 16.5. The van der Waals surface area contributed by atoms with E-state index in [-0.39, 0.29) is 13.2 Å². The van der Waals surface area contributed by atoms with Gasteiger partial charge in [0, 0.05) is 74.1 Å². The van der Waals surface area contributed by atoms with Crippen molar-refractivity contribution in [2.24, 2.45) is 0 Å². The van der Waals surface area contributed by atoms with E-state index in [1.165, 1.54) is 5.56 Å². The third-order valence-electron chi connectivity index (χ3n) is 11.5. The molecule has 0 aliphatic carbocycles. The summed E-state index contributed by atoms with van der Waals surface area (Å²) in [4.78, 5) is 52.0. The van der Waals surface area contributed by atoms with Crippen molar-refractivity contribution in [3.8, 4) is 45.0 Å². The zero-order valence-electron chi connectivity index (χ0n) is 39.3. The first-order valence-electron chi connectivity index (χ1n) is 23.0. The number of nitrogens with one attached hydrogen (secondary N) is 1. The summed E-state index contributed by atoms with van der Waals surface area (Å²) in [6.45, 7) is 16.1. The Bertz CT molecular complexity index is 2920. The van der Waals surface area contributed by atoms with Crippen molar-refractivity contribution < 1.29 is 11.0 Å². The van der Waals surface area contributed by atoms with Gasteiger partial charge >= 0.3 is 0 Å². The summed E-state index contributed by atoms with van der Waals surface area (Å²) in [7, 11) is 3.97. The largest absolute Gasteiger partial charge is 0.351 e. The maximum absolute atomic E-state index is 13.1. The van der Waals surface area contributed by atoms with Crippen LogP contribution in [0.1, 0.15) is 54.0 Å². The number of piperazine rings is 1. The van der Waals surface area contributed by atoms with Crippen LogP contribution in [0.25, 0.3) is 67.1 Å². The summed E-state index contributed by atoms with van der Waals surface area (Å²) >= 11 is 0. The van der Waals surface area contributed by atoms with Gasteiger partial charge in [-0.2, -0.15) is 0 Å². The first kappa shape index (κ1) is 46.8. The predicted molar refractivity (Wildman–Crippen MR) is 273 cm³/mol. The van der Waals surface area contributed by atoms with Gasteiger partial charge in [0.15, 0.2) is 0 Å². The Kier molecular flexibility index (Phi) is 15.7. The fraction of sp³-hybridized carbons (Fsp3) is 0.250. The maximum Gasteiger partial charge on any atom is 0.254 e. The average Bonchev–Trinajstić information content (AvgIpc) is 3.36. The fourth-order valence-electron chi connectivity index (χ4n) is 7.91.